The highest BCUT2D eigenvalue weighted by Gasteiger charge is 2.43. The quantitative estimate of drug-likeness (QED) is 0.768. The summed E-state index contributed by atoms with van der Waals surface area (Å²) < 4.78 is 10.5. The largest absolute Gasteiger partial charge is 0.466 e. The number of rotatable bonds is 5. The van der Waals surface area contributed by atoms with Gasteiger partial charge in [0.25, 0.3) is 5.91 Å². The molecule has 1 fully saturated rings. The zero-order chi connectivity index (χ0) is 20.1. The summed E-state index contributed by atoms with van der Waals surface area (Å²) in [5.41, 5.74) is 0.957. The van der Waals surface area contributed by atoms with E-state index in [-0.39, 0.29) is 5.91 Å². The van der Waals surface area contributed by atoms with Crippen LogP contribution in [0.15, 0.2) is 47.1 Å². The van der Waals surface area contributed by atoms with Crippen LogP contribution >= 0.6 is 11.8 Å². The van der Waals surface area contributed by atoms with Crippen LogP contribution in [0, 0.1) is 11.3 Å². The van der Waals surface area contributed by atoms with Gasteiger partial charge in [-0.3, -0.25) is 9.59 Å². The van der Waals surface area contributed by atoms with E-state index >= 15 is 0 Å². The number of thioether (sulfide) groups is 1. The molecule has 1 saturated heterocycles. The van der Waals surface area contributed by atoms with Gasteiger partial charge >= 0.3 is 5.97 Å². The van der Waals surface area contributed by atoms with Crippen LogP contribution in [0.5, 0.6) is 0 Å². The Morgan fingerprint density at radius 2 is 2.07 bits per heavy atom. The van der Waals surface area contributed by atoms with Crippen LogP contribution in [-0.2, 0) is 19.1 Å². The second kappa shape index (κ2) is 8.63. The van der Waals surface area contributed by atoms with Crippen molar-refractivity contribution < 1.29 is 23.5 Å². The van der Waals surface area contributed by atoms with Gasteiger partial charge in [0.1, 0.15) is 17.2 Å². The Labute approximate surface area is 165 Å². The maximum Gasteiger partial charge on any atom is 0.330 e. The SMILES string of the molecule is CC(=O)N1[C@@H](C(=O)OCC(=O)Nc2ccc(C#N)cc2)CS[C@H]1c1ccco1. The molecular formula is C19H17N3O5S. The third-order valence-corrected chi connectivity index (χ3v) is 5.35. The molecule has 0 bridgehead atoms. The molecule has 9 heteroatoms. The molecule has 1 N–H and O–H groups in total. The fourth-order valence-corrected chi connectivity index (χ4v) is 4.20. The van der Waals surface area contributed by atoms with E-state index in [4.69, 9.17) is 14.4 Å². The zero-order valence-electron chi connectivity index (χ0n) is 15.0. The topological polar surface area (TPSA) is 113 Å². The first-order chi connectivity index (χ1) is 13.5. The number of esters is 1. The molecule has 8 nitrogen and oxygen atoms in total. The first-order valence-corrected chi connectivity index (χ1v) is 9.45. The molecule has 1 aromatic heterocycles. The Morgan fingerprint density at radius 3 is 2.68 bits per heavy atom. The lowest BCUT2D eigenvalue weighted by molar-refractivity contribution is -0.155. The predicted octanol–water partition coefficient (Wildman–Crippen LogP) is 2.30. The van der Waals surface area contributed by atoms with Gasteiger partial charge in [0.15, 0.2) is 6.61 Å². The molecular weight excluding hydrogens is 382 g/mol. The van der Waals surface area contributed by atoms with Gasteiger partial charge in [0, 0.05) is 18.4 Å². The highest BCUT2D eigenvalue weighted by atomic mass is 32.2. The second-order valence-corrected chi connectivity index (χ2v) is 7.10. The summed E-state index contributed by atoms with van der Waals surface area (Å²) in [6.07, 6.45) is 1.51. The summed E-state index contributed by atoms with van der Waals surface area (Å²) in [6.45, 7) is 0.900. The monoisotopic (exact) mass is 399 g/mol. The van der Waals surface area contributed by atoms with Crippen LogP contribution in [-0.4, -0.2) is 41.1 Å². The van der Waals surface area contributed by atoms with Gasteiger partial charge in [-0.2, -0.15) is 5.26 Å². The highest BCUT2D eigenvalue weighted by Crippen LogP contribution is 2.41. The summed E-state index contributed by atoms with van der Waals surface area (Å²) in [7, 11) is 0. The van der Waals surface area contributed by atoms with Crippen molar-refractivity contribution in [3.8, 4) is 6.07 Å². The number of benzene rings is 1. The molecule has 144 valence electrons. The summed E-state index contributed by atoms with van der Waals surface area (Å²) in [5.74, 6) is -0.516. The lowest BCUT2D eigenvalue weighted by atomic mass is 10.2. The molecule has 2 amide bonds. The molecule has 1 aliphatic heterocycles. The van der Waals surface area contributed by atoms with E-state index in [2.05, 4.69) is 5.32 Å². The molecule has 1 aromatic carbocycles. The summed E-state index contributed by atoms with van der Waals surface area (Å²) >= 11 is 1.40. The first kappa shape index (κ1) is 19.5. The first-order valence-electron chi connectivity index (χ1n) is 8.40. The van der Waals surface area contributed by atoms with E-state index in [1.54, 1.807) is 36.4 Å². The number of furan rings is 1. The average molecular weight is 399 g/mol. The molecule has 0 spiro atoms. The number of ether oxygens (including phenoxy) is 1. The minimum atomic E-state index is -0.791. The number of carbonyl (C=O) groups is 3. The molecule has 28 heavy (non-hydrogen) atoms. The van der Waals surface area contributed by atoms with Crippen LogP contribution < -0.4 is 5.32 Å². The Hall–Kier alpha value is -3.25. The highest BCUT2D eigenvalue weighted by molar-refractivity contribution is 7.99. The van der Waals surface area contributed by atoms with E-state index in [0.29, 0.717) is 22.8 Å². The third-order valence-electron chi connectivity index (χ3n) is 4.07. The number of nitrogens with one attached hydrogen (secondary N) is 1. The van der Waals surface area contributed by atoms with Crippen LogP contribution in [0.25, 0.3) is 0 Å². The Kier molecular flexibility index (Phi) is 6.01. The van der Waals surface area contributed by atoms with Crippen molar-refractivity contribution in [1.82, 2.24) is 4.90 Å². The fourth-order valence-electron chi connectivity index (χ4n) is 2.78. The number of anilines is 1. The van der Waals surface area contributed by atoms with Crippen molar-refractivity contribution in [1.29, 1.82) is 5.26 Å². The third kappa shape index (κ3) is 4.35. The molecule has 0 unspecified atom stereocenters. The molecule has 1 aliphatic rings. The molecule has 2 aromatic rings. The van der Waals surface area contributed by atoms with Gasteiger partial charge in [0.05, 0.1) is 17.9 Å². The fraction of sp³-hybridized carbons (Fsp3) is 0.263. The summed E-state index contributed by atoms with van der Waals surface area (Å²) in [4.78, 5) is 37.9. The minimum absolute atomic E-state index is 0.282. The van der Waals surface area contributed by atoms with Crippen LogP contribution in [0.4, 0.5) is 5.69 Å². The van der Waals surface area contributed by atoms with Gasteiger partial charge in [-0.05, 0) is 36.4 Å². The number of hydrogen-bond acceptors (Lipinski definition) is 7. The Balaban J connectivity index is 1.57. The normalized spacial score (nSPS) is 18.4. The van der Waals surface area contributed by atoms with Crippen molar-refractivity contribution in [3.05, 3.63) is 54.0 Å². The molecule has 2 atom stereocenters. The van der Waals surface area contributed by atoms with E-state index in [1.165, 1.54) is 29.8 Å². The van der Waals surface area contributed by atoms with Gasteiger partial charge < -0.3 is 19.4 Å². The smallest absolute Gasteiger partial charge is 0.330 e. The molecule has 0 radical (unpaired) electrons. The van der Waals surface area contributed by atoms with Crippen molar-refractivity contribution in [2.24, 2.45) is 0 Å². The van der Waals surface area contributed by atoms with Crippen molar-refractivity contribution in [2.75, 3.05) is 17.7 Å². The molecule has 2 heterocycles. The number of hydrogen-bond donors (Lipinski definition) is 1. The number of nitriles is 1. The van der Waals surface area contributed by atoms with Crippen LogP contribution in [0.1, 0.15) is 23.6 Å². The van der Waals surface area contributed by atoms with Crippen LogP contribution in [0.3, 0.4) is 0 Å². The van der Waals surface area contributed by atoms with E-state index < -0.39 is 29.9 Å². The standard InChI is InChI=1S/C19H17N3O5S/c1-12(23)22-15(11-28-18(22)16-3-2-8-26-16)19(25)27-10-17(24)21-14-6-4-13(9-20)5-7-14/h2-8,15,18H,10-11H2,1H3,(H,21,24)/t15-,18+/m1/s1. The summed E-state index contributed by atoms with van der Waals surface area (Å²) in [6, 6.07) is 10.9. The van der Waals surface area contributed by atoms with E-state index in [1.807, 2.05) is 6.07 Å². The van der Waals surface area contributed by atoms with Gasteiger partial charge in [-0.15, -0.1) is 11.8 Å². The Morgan fingerprint density at radius 1 is 1.32 bits per heavy atom. The van der Waals surface area contributed by atoms with Crippen LogP contribution in [0.2, 0.25) is 0 Å². The van der Waals surface area contributed by atoms with Crippen molar-refractivity contribution in [2.45, 2.75) is 18.3 Å². The number of nitrogens with zero attached hydrogens (tertiary/aromatic N) is 2. The molecule has 3 rings (SSSR count). The number of carbonyl (C=O) groups excluding carboxylic acids is 3. The lowest BCUT2D eigenvalue weighted by Crippen LogP contribution is -2.43. The molecule has 0 saturated carbocycles. The van der Waals surface area contributed by atoms with Crippen molar-refractivity contribution in [3.63, 3.8) is 0 Å². The summed E-state index contributed by atoms with van der Waals surface area (Å²) in [5, 5.41) is 10.9. The van der Waals surface area contributed by atoms with E-state index in [9.17, 15) is 14.4 Å². The average Bonchev–Trinajstić information content (AvgIpc) is 3.36. The van der Waals surface area contributed by atoms with Crippen molar-refractivity contribution >= 4 is 35.2 Å². The maximum atomic E-state index is 12.4. The number of amides is 2. The zero-order valence-corrected chi connectivity index (χ0v) is 15.8. The second-order valence-electron chi connectivity index (χ2n) is 5.99. The minimum Gasteiger partial charge on any atom is -0.466 e. The van der Waals surface area contributed by atoms with Gasteiger partial charge in [0.2, 0.25) is 5.91 Å². The molecule has 0 aliphatic carbocycles. The predicted molar refractivity (Wildman–Crippen MR) is 101 cm³/mol. The maximum absolute atomic E-state index is 12.4. The Bertz CT molecular complexity index is 905. The lowest BCUT2D eigenvalue weighted by Gasteiger charge is -2.25. The van der Waals surface area contributed by atoms with Gasteiger partial charge in [-0.1, -0.05) is 0 Å². The van der Waals surface area contributed by atoms with Gasteiger partial charge in [-0.25, -0.2) is 4.79 Å². The van der Waals surface area contributed by atoms with E-state index in [0.717, 1.165) is 0 Å².